The van der Waals surface area contributed by atoms with Crippen molar-refractivity contribution in [1.29, 1.82) is 0 Å². The number of para-hydroxylation sites is 1. The van der Waals surface area contributed by atoms with E-state index in [4.69, 9.17) is 4.84 Å². The average molecular weight is 423 g/mol. The van der Waals surface area contributed by atoms with Gasteiger partial charge in [0.05, 0.1) is 0 Å². The number of rotatable bonds is 10. The molecule has 1 aromatic carbocycles. The summed E-state index contributed by atoms with van der Waals surface area (Å²) in [6.07, 6.45) is 1.08. The van der Waals surface area contributed by atoms with Gasteiger partial charge in [0, 0.05) is 13.1 Å². The Morgan fingerprint density at radius 3 is 2.53 bits per heavy atom. The van der Waals surface area contributed by atoms with Crippen molar-refractivity contribution in [3.8, 4) is 5.75 Å². The van der Waals surface area contributed by atoms with Crippen LogP contribution in [0.5, 0.6) is 5.75 Å². The fourth-order valence-electron chi connectivity index (χ4n) is 2.77. The van der Waals surface area contributed by atoms with E-state index in [0.717, 1.165) is 12.8 Å². The van der Waals surface area contributed by atoms with Crippen molar-refractivity contribution in [1.82, 2.24) is 20.3 Å². The number of H-pyrrole nitrogens is 1. The first kappa shape index (κ1) is 21.3. The number of carbonyl (C=O) groups excluding carboxylic acids is 1. The van der Waals surface area contributed by atoms with E-state index < -0.39 is 12.1 Å². The minimum atomic E-state index is -4.82. The molecule has 0 bridgehead atoms. The second-order valence-corrected chi connectivity index (χ2v) is 6.52. The maximum atomic E-state index is 12.1. The monoisotopic (exact) mass is 423 g/mol. The summed E-state index contributed by atoms with van der Waals surface area (Å²) in [6.45, 7) is 0.655. The van der Waals surface area contributed by atoms with Crippen LogP contribution >= 0.6 is 0 Å². The number of nitrogens with one attached hydrogen (secondary N) is 3. The number of hydrogen-bond acceptors (Lipinski definition) is 5. The third-order valence-electron chi connectivity index (χ3n) is 4.24. The van der Waals surface area contributed by atoms with Gasteiger partial charge in [0.1, 0.15) is 0 Å². The minimum Gasteiger partial charge on any atom is -0.354 e. The first-order valence-corrected chi connectivity index (χ1v) is 9.51. The molecule has 160 valence electrons. The highest BCUT2D eigenvalue weighted by Gasteiger charge is 2.38. The van der Waals surface area contributed by atoms with Gasteiger partial charge in [0.25, 0.3) is 6.33 Å². The Morgan fingerprint density at radius 1 is 1.07 bits per heavy atom. The van der Waals surface area contributed by atoms with Gasteiger partial charge in [-0.15, -0.1) is 0 Å². The summed E-state index contributed by atoms with van der Waals surface area (Å²) in [4.78, 5) is 28.1. The van der Waals surface area contributed by atoms with E-state index in [1.54, 1.807) is 6.33 Å². The highest BCUT2D eigenvalue weighted by atomic mass is 19.4. The number of fused-ring (bicyclic) bond motifs is 1. The summed E-state index contributed by atoms with van der Waals surface area (Å²) < 4.78 is 37.7. The van der Waals surface area contributed by atoms with Crippen LogP contribution in [0.4, 0.5) is 19.0 Å². The van der Waals surface area contributed by atoms with Crippen LogP contribution in [0.2, 0.25) is 0 Å². The largest absolute Gasteiger partial charge is 0.471 e. The lowest BCUT2D eigenvalue weighted by molar-refractivity contribution is -0.857. The molecule has 2 aromatic heterocycles. The highest BCUT2D eigenvalue weighted by molar-refractivity contribution is 5.81. The van der Waals surface area contributed by atoms with E-state index in [2.05, 4.69) is 20.3 Å². The van der Waals surface area contributed by atoms with Crippen molar-refractivity contribution in [2.24, 2.45) is 0 Å². The predicted molar refractivity (Wildman–Crippen MR) is 103 cm³/mol. The fourth-order valence-corrected chi connectivity index (χ4v) is 2.77. The second-order valence-electron chi connectivity index (χ2n) is 6.52. The Morgan fingerprint density at radius 2 is 1.80 bits per heavy atom. The Balaban J connectivity index is 1.42. The number of imidazole rings is 1. The molecule has 2 heterocycles. The number of anilines is 1. The normalized spacial score (nSPS) is 11.4. The Hall–Kier alpha value is -3.37. The van der Waals surface area contributed by atoms with Gasteiger partial charge in [-0.1, -0.05) is 41.0 Å². The molecule has 0 aliphatic rings. The predicted octanol–water partition coefficient (Wildman–Crippen LogP) is 2.74. The molecule has 11 heteroatoms. The SMILES string of the molecule is O=C(NCCCCCCNc1nc[n+](Oc2ccccc2)c2nc[nH]c12)C(F)(F)F. The van der Waals surface area contributed by atoms with Gasteiger partial charge in [-0.3, -0.25) is 4.79 Å². The summed E-state index contributed by atoms with van der Waals surface area (Å²) in [7, 11) is 0. The molecule has 0 radical (unpaired) electrons. The van der Waals surface area contributed by atoms with Crippen molar-refractivity contribution in [3.63, 3.8) is 0 Å². The minimum absolute atomic E-state index is 0.0161. The zero-order valence-corrected chi connectivity index (χ0v) is 16.1. The summed E-state index contributed by atoms with van der Waals surface area (Å²) in [5.41, 5.74) is 1.28. The fraction of sp³-hybridized carbons (Fsp3) is 0.368. The highest BCUT2D eigenvalue weighted by Crippen LogP contribution is 2.16. The van der Waals surface area contributed by atoms with Gasteiger partial charge < -0.3 is 20.5 Å². The van der Waals surface area contributed by atoms with Crippen molar-refractivity contribution < 1.29 is 27.5 Å². The number of hydrogen-bond donors (Lipinski definition) is 3. The van der Waals surface area contributed by atoms with Gasteiger partial charge in [0.2, 0.25) is 5.82 Å². The number of carbonyl (C=O) groups is 1. The van der Waals surface area contributed by atoms with Crippen molar-refractivity contribution in [2.75, 3.05) is 18.4 Å². The molecule has 0 saturated carbocycles. The quantitative estimate of drug-likeness (QED) is 0.344. The maximum absolute atomic E-state index is 12.1. The Kier molecular flexibility index (Phi) is 7.04. The maximum Gasteiger partial charge on any atom is 0.471 e. The third kappa shape index (κ3) is 5.82. The van der Waals surface area contributed by atoms with Crippen LogP contribution in [-0.4, -0.2) is 40.1 Å². The lowest BCUT2D eigenvalue weighted by Crippen LogP contribution is -2.41. The third-order valence-corrected chi connectivity index (χ3v) is 4.24. The number of amides is 1. The standard InChI is InChI=1S/C19H21F3N6O2/c20-19(21,22)18(29)24-11-7-2-1-6-10-23-16-15-17(26-12-25-15)28(13-27-16)30-14-8-4-3-5-9-14/h3-5,8-9,12-13H,1-2,6-7,10-11H2,(H2,23,24,25,26,29)/p+1. The van der Waals surface area contributed by atoms with E-state index >= 15 is 0 Å². The lowest BCUT2D eigenvalue weighted by atomic mass is 10.2. The van der Waals surface area contributed by atoms with Gasteiger partial charge in [-0.2, -0.15) is 13.2 Å². The zero-order valence-electron chi connectivity index (χ0n) is 16.1. The van der Waals surface area contributed by atoms with E-state index in [-0.39, 0.29) is 6.54 Å². The van der Waals surface area contributed by atoms with Gasteiger partial charge >= 0.3 is 17.7 Å². The molecule has 3 N–H and O–H groups in total. The molecule has 0 unspecified atom stereocenters. The Bertz CT molecular complexity index is 962. The molecule has 0 saturated heterocycles. The van der Waals surface area contributed by atoms with Gasteiger partial charge in [-0.05, 0) is 29.7 Å². The molecule has 0 aliphatic heterocycles. The first-order valence-electron chi connectivity index (χ1n) is 9.51. The summed E-state index contributed by atoms with van der Waals surface area (Å²) in [5, 5.41) is 5.09. The molecule has 1 amide bonds. The molecule has 3 rings (SSSR count). The number of benzene rings is 1. The second kappa shape index (κ2) is 9.90. The van der Waals surface area contributed by atoms with Crippen LogP contribution in [0.1, 0.15) is 25.7 Å². The van der Waals surface area contributed by atoms with E-state index in [1.165, 1.54) is 11.1 Å². The van der Waals surface area contributed by atoms with Crippen LogP contribution in [0, 0.1) is 0 Å². The smallest absolute Gasteiger partial charge is 0.354 e. The molecule has 0 spiro atoms. The molecule has 8 nitrogen and oxygen atoms in total. The van der Waals surface area contributed by atoms with E-state index in [9.17, 15) is 18.0 Å². The zero-order chi connectivity index (χ0) is 21.4. The molecular formula is C19H22F3N6O2+. The Labute approximate surface area is 170 Å². The molecule has 0 atom stereocenters. The summed E-state index contributed by atoms with van der Waals surface area (Å²) in [6, 6.07) is 9.28. The number of aromatic nitrogens is 4. The number of aromatic amines is 1. The lowest BCUT2D eigenvalue weighted by Gasteiger charge is -2.08. The number of alkyl halides is 3. The molecule has 3 aromatic rings. The summed E-state index contributed by atoms with van der Waals surface area (Å²) in [5.74, 6) is -0.607. The number of unbranched alkanes of at least 4 members (excludes halogenated alkanes) is 3. The van der Waals surface area contributed by atoms with Crippen molar-refractivity contribution >= 4 is 22.9 Å². The van der Waals surface area contributed by atoms with Crippen LogP contribution < -0.4 is 20.2 Å². The first-order chi connectivity index (χ1) is 14.4. The number of nitrogens with zero attached hydrogens (tertiary/aromatic N) is 3. The number of halogens is 3. The van der Waals surface area contributed by atoms with Crippen LogP contribution in [-0.2, 0) is 4.79 Å². The molecular weight excluding hydrogens is 401 g/mol. The van der Waals surface area contributed by atoms with Crippen molar-refractivity contribution in [3.05, 3.63) is 43.0 Å². The molecule has 30 heavy (non-hydrogen) atoms. The topological polar surface area (TPSA) is 95.8 Å². The summed E-state index contributed by atoms with van der Waals surface area (Å²) >= 11 is 0. The van der Waals surface area contributed by atoms with E-state index in [0.29, 0.717) is 42.1 Å². The van der Waals surface area contributed by atoms with E-state index in [1.807, 2.05) is 35.6 Å². The van der Waals surface area contributed by atoms with Crippen molar-refractivity contribution in [2.45, 2.75) is 31.9 Å². The van der Waals surface area contributed by atoms with Crippen LogP contribution in [0.3, 0.4) is 0 Å². The molecule has 0 fully saturated rings. The van der Waals surface area contributed by atoms with Gasteiger partial charge in [0.15, 0.2) is 17.6 Å². The van der Waals surface area contributed by atoms with Gasteiger partial charge in [-0.25, -0.2) is 0 Å². The average Bonchev–Trinajstić information content (AvgIpc) is 3.22. The van der Waals surface area contributed by atoms with Crippen LogP contribution in [0.25, 0.3) is 11.2 Å². The molecule has 0 aliphatic carbocycles. The van der Waals surface area contributed by atoms with Crippen LogP contribution in [0.15, 0.2) is 43.0 Å².